The van der Waals surface area contributed by atoms with Crippen molar-refractivity contribution in [2.24, 2.45) is 0 Å². The van der Waals surface area contributed by atoms with Crippen LogP contribution in [0.2, 0.25) is 0 Å². The fourth-order valence-corrected chi connectivity index (χ4v) is 6.50. The molecule has 0 radical (unpaired) electrons. The normalized spacial score (nSPS) is 23.6. The number of ether oxygens (including phenoxy) is 1. The van der Waals surface area contributed by atoms with Gasteiger partial charge in [0, 0.05) is 116 Å². The predicted octanol–water partition coefficient (Wildman–Crippen LogP) is 2.33. The Morgan fingerprint density at radius 1 is 0.894 bits per heavy atom. The summed E-state index contributed by atoms with van der Waals surface area (Å²) in [4.78, 5) is 41.0. The number of piperazine rings is 2. The van der Waals surface area contributed by atoms with E-state index < -0.39 is 0 Å². The van der Waals surface area contributed by atoms with Crippen LogP contribution in [-0.4, -0.2) is 158 Å². The summed E-state index contributed by atoms with van der Waals surface area (Å²) < 4.78 is 6.34. The van der Waals surface area contributed by atoms with Gasteiger partial charge in [-0.05, 0) is 49.4 Å². The molecule has 47 heavy (non-hydrogen) atoms. The van der Waals surface area contributed by atoms with Gasteiger partial charge < -0.3 is 24.8 Å². The molecule has 1 amide bonds. The molecule has 8 heterocycles. The van der Waals surface area contributed by atoms with Crippen molar-refractivity contribution in [2.75, 3.05) is 117 Å². The van der Waals surface area contributed by atoms with Gasteiger partial charge in [0.25, 0.3) is 0 Å². The summed E-state index contributed by atoms with van der Waals surface area (Å²) >= 11 is 0. The fraction of sp³-hybridized carbons (Fsp3) is 0.543. The van der Waals surface area contributed by atoms with E-state index in [1.807, 2.05) is 49.5 Å². The summed E-state index contributed by atoms with van der Waals surface area (Å²) in [5.41, 5.74) is 3.90. The molecule has 1 N–H and O–H groups in total. The Hall–Kier alpha value is -3.68. The SMILES string of the molecule is CN1CCN(CCOCC2CN3CCN2Cc2cccc(c2)Nc2nccc(n2)-c2ccc(nc2)N(C)CCCN(C)C(=O)C3)CC1. The van der Waals surface area contributed by atoms with Gasteiger partial charge >= 0.3 is 0 Å². The fourth-order valence-electron chi connectivity index (χ4n) is 6.50. The summed E-state index contributed by atoms with van der Waals surface area (Å²) in [7, 11) is 6.15. The minimum Gasteiger partial charge on any atom is -0.378 e. The van der Waals surface area contributed by atoms with E-state index in [1.165, 1.54) is 5.56 Å². The summed E-state index contributed by atoms with van der Waals surface area (Å²) in [5, 5.41) is 3.41. The molecule has 0 spiro atoms. The summed E-state index contributed by atoms with van der Waals surface area (Å²) in [6.45, 7) is 12.0. The van der Waals surface area contributed by atoms with E-state index in [1.54, 1.807) is 6.20 Å². The van der Waals surface area contributed by atoms with E-state index >= 15 is 0 Å². The predicted molar refractivity (Wildman–Crippen MR) is 186 cm³/mol. The van der Waals surface area contributed by atoms with Gasteiger partial charge in [0.1, 0.15) is 5.82 Å². The lowest BCUT2D eigenvalue weighted by Crippen LogP contribution is -2.56. The smallest absolute Gasteiger partial charge is 0.236 e. The maximum Gasteiger partial charge on any atom is 0.236 e. The third kappa shape index (κ3) is 9.23. The molecule has 8 bridgehead atoms. The molecular formula is C35H50N10O2. The molecule has 2 fully saturated rings. The molecular weight excluding hydrogens is 592 g/mol. The van der Waals surface area contributed by atoms with Gasteiger partial charge in [-0.15, -0.1) is 0 Å². The molecule has 252 valence electrons. The Bertz CT molecular complexity index is 1450. The van der Waals surface area contributed by atoms with E-state index in [-0.39, 0.29) is 11.9 Å². The van der Waals surface area contributed by atoms with Crippen molar-refractivity contribution in [3.05, 3.63) is 60.4 Å². The molecule has 6 aliphatic rings. The quantitative estimate of drug-likeness (QED) is 0.416. The van der Waals surface area contributed by atoms with Gasteiger partial charge in [-0.2, -0.15) is 0 Å². The maximum absolute atomic E-state index is 13.3. The number of carbonyl (C=O) groups excluding carboxylic acids is 1. The van der Waals surface area contributed by atoms with Crippen molar-refractivity contribution in [3.63, 3.8) is 0 Å². The van der Waals surface area contributed by atoms with Gasteiger partial charge in [-0.3, -0.25) is 19.5 Å². The molecule has 2 aromatic heterocycles. The molecule has 12 nitrogen and oxygen atoms in total. The first kappa shape index (κ1) is 33.2. The van der Waals surface area contributed by atoms with Gasteiger partial charge in [0.15, 0.2) is 0 Å². The van der Waals surface area contributed by atoms with Crippen molar-refractivity contribution in [1.82, 2.24) is 39.5 Å². The lowest BCUT2D eigenvalue weighted by molar-refractivity contribution is -0.132. The molecule has 3 unspecified atom stereocenters. The number of amides is 1. The first-order chi connectivity index (χ1) is 22.9. The largest absolute Gasteiger partial charge is 0.378 e. The summed E-state index contributed by atoms with van der Waals surface area (Å²) in [6, 6.07) is 14.6. The van der Waals surface area contributed by atoms with Gasteiger partial charge in [0.05, 0.1) is 25.5 Å². The molecule has 0 saturated carbocycles. The maximum atomic E-state index is 13.3. The molecule has 3 aromatic rings. The minimum atomic E-state index is 0.165. The van der Waals surface area contributed by atoms with Crippen LogP contribution in [0.5, 0.6) is 0 Å². The van der Waals surface area contributed by atoms with Crippen molar-refractivity contribution in [1.29, 1.82) is 0 Å². The second-order valence-corrected chi connectivity index (χ2v) is 13.2. The van der Waals surface area contributed by atoms with E-state index in [0.29, 0.717) is 25.6 Å². The van der Waals surface area contributed by atoms with Crippen LogP contribution in [-0.2, 0) is 16.1 Å². The zero-order valence-electron chi connectivity index (χ0n) is 28.2. The number of likely N-dealkylation sites (N-methyl/N-ethyl adjacent to an activating group) is 2. The molecule has 12 heteroatoms. The monoisotopic (exact) mass is 642 g/mol. The van der Waals surface area contributed by atoms with Crippen LogP contribution >= 0.6 is 0 Å². The number of aromatic nitrogens is 3. The second kappa shape index (κ2) is 15.9. The second-order valence-electron chi connectivity index (χ2n) is 13.2. The van der Waals surface area contributed by atoms with Crippen LogP contribution in [0, 0.1) is 0 Å². The number of nitrogens with one attached hydrogen (secondary N) is 1. The average molecular weight is 643 g/mol. The number of hydrogen-bond acceptors (Lipinski definition) is 11. The van der Waals surface area contributed by atoms with Gasteiger partial charge in [-0.1, -0.05) is 12.1 Å². The topological polar surface area (TPSA) is 96.4 Å². The zero-order valence-corrected chi connectivity index (χ0v) is 28.2. The van der Waals surface area contributed by atoms with Crippen LogP contribution in [0.15, 0.2) is 54.9 Å². The summed E-state index contributed by atoms with van der Waals surface area (Å²) in [6.07, 6.45) is 4.50. The van der Waals surface area contributed by atoms with Crippen LogP contribution in [0.4, 0.5) is 17.5 Å². The Balaban J connectivity index is 1.18. The average Bonchev–Trinajstić information content (AvgIpc) is 3.08. The lowest BCUT2D eigenvalue weighted by Gasteiger charge is -2.41. The molecule has 6 aliphatic heterocycles. The third-order valence-electron chi connectivity index (χ3n) is 9.58. The van der Waals surface area contributed by atoms with E-state index in [9.17, 15) is 4.79 Å². The first-order valence-electron chi connectivity index (χ1n) is 17.0. The van der Waals surface area contributed by atoms with Gasteiger partial charge in [-0.25, -0.2) is 15.0 Å². The molecule has 0 aliphatic carbocycles. The standard InChI is InChI=1S/C35H50N10O2/c1-40-14-16-43(17-15-40)20-21-47-27-31-25-44-18-19-45(31)24-28-6-4-7-30(22-28)38-35-36-11-10-32(39-35)29-8-9-33(37-23-29)41(2)12-5-13-42(3)34(46)26-44/h4,6-11,22-23,31H,5,12-21,24-27H2,1-3H3,(H,36,38,39). The Morgan fingerprint density at radius 3 is 2.57 bits per heavy atom. The van der Waals surface area contributed by atoms with E-state index in [4.69, 9.17) is 14.7 Å². The Kier molecular flexibility index (Phi) is 11.3. The number of anilines is 3. The number of benzene rings is 1. The molecule has 2 saturated heterocycles. The molecule has 9 rings (SSSR count). The van der Waals surface area contributed by atoms with Crippen molar-refractivity contribution < 1.29 is 9.53 Å². The van der Waals surface area contributed by atoms with Crippen LogP contribution in [0.25, 0.3) is 11.3 Å². The number of pyridine rings is 1. The number of hydrogen-bond donors (Lipinski definition) is 1. The Morgan fingerprint density at radius 2 is 1.74 bits per heavy atom. The van der Waals surface area contributed by atoms with Crippen molar-refractivity contribution >= 4 is 23.4 Å². The highest BCUT2D eigenvalue weighted by molar-refractivity contribution is 5.78. The first-order valence-corrected chi connectivity index (χ1v) is 17.0. The molecule has 1 aromatic carbocycles. The number of carbonyl (C=O) groups is 1. The van der Waals surface area contributed by atoms with Crippen molar-refractivity contribution in [3.8, 4) is 11.3 Å². The zero-order chi connectivity index (χ0) is 32.6. The van der Waals surface area contributed by atoms with Crippen LogP contribution < -0.4 is 10.2 Å². The number of rotatable bonds is 5. The van der Waals surface area contributed by atoms with Gasteiger partial charge in [0.2, 0.25) is 11.9 Å². The molecule has 3 atom stereocenters. The number of nitrogens with zero attached hydrogens (tertiary/aromatic N) is 9. The highest BCUT2D eigenvalue weighted by atomic mass is 16.5. The van der Waals surface area contributed by atoms with Crippen LogP contribution in [0.1, 0.15) is 12.0 Å². The highest BCUT2D eigenvalue weighted by Crippen LogP contribution is 2.23. The van der Waals surface area contributed by atoms with E-state index in [2.05, 4.69) is 60.0 Å². The third-order valence-corrected chi connectivity index (χ3v) is 9.58. The van der Waals surface area contributed by atoms with E-state index in [0.717, 1.165) is 101 Å². The summed E-state index contributed by atoms with van der Waals surface area (Å²) in [5.74, 6) is 1.60. The van der Waals surface area contributed by atoms with Crippen molar-refractivity contribution in [2.45, 2.75) is 19.0 Å². The van der Waals surface area contributed by atoms with Crippen LogP contribution in [0.3, 0.4) is 0 Å². The Labute approximate surface area is 279 Å². The lowest BCUT2D eigenvalue weighted by atomic mass is 10.1. The minimum absolute atomic E-state index is 0.165. The highest BCUT2D eigenvalue weighted by Gasteiger charge is 2.29.